The predicted octanol–water partition coefficient (Wildman–Crippen LogP) is 5.14. The highest BCUT2D eigenvalue weighted by atomic mass is 19.1. The highest BCUT2D eigenvalue weighted by Crippen LogP contribution is 2.48. The van der Waals surface area contributed by atoms with E-state index in [4.69, 9.17) is 10.00 Å². The van der Waals surface area contributed by atoms with Crippen molar-refractivity contribution in [1.82, 2.24) is 9.97 Å². The van der Waals surface area contributed by atoms with Gasteiger partial charge in [0.2, 0.25) is 5.88 Å². The molecule has 35 heavy (non-hydrogen) atoms. The van der Waals surface area contributed by atoms with E-state index >= 15 is 0 Å². The first kappa shape index (κ1) is 22.4. The Kier molecular flexibility index (Phi) is 5.79. The highest BCUT2D eigenvalue weighted by molar-refractivity contribution is 6.10. The Balaban J connectivity index is 1.26. The number of benzene rings is 3. The van der Waals surface area contributed by atoms with Gasteiger partial charge in [-0.15, -0.1) is 0 Å². The van der Waals surface area contributed by atoms with Crippen LogP contribution < -0.4 is 4.74 Å². The number of halogens is 1. The molecule has 7 heteroatoms. The lowest BCUT2D eigenvalue weighted by atomic mass is 9.88. The highest BCUT2D eigenvalue weighted by Gasteiger charge is 2.54. The molecule has 0 N–H and O–H groups in total. The monoisotopic (exact) mass is 465 g/mol. The summed E-state index contributed by atoms with van der Waals surface area (Å²) >= 11 is 0. The number of hydrogen-bond acceptors (Lipinski definition) is 6. The van der Waals surface area contributed by atoms with Crippen LogP contribution in [0.25, 0.3) is 10.9 Å². The normalized spacial score (nSPS) is 13.7. The SMILES string of the molecule is N#Cc1ccc2ncnc(Oc3ccc(CC(=O)C4(C(=O)Cc5ccc(F)cc5)CC4)cc3)c2c1. The molecular formula is C28H20FN3O3. The van der Waals surface area contributed by atoms with Crippen LogP contribution in [0.2, 0.25) is 0 Å². The van der Waals surface area contributed by atoms with Gasteiger partial charge >= 0.3 is 0 Å². The van der Waals surface area contributed by atoms with Crippen LogP contribution in [0.3, 0.4) is 0 Å². The zero-order valence-corrected chi connectivity index (χ0v) is 18.7. The smallest absolute Gasteiger partial charge is 0.230 e. The van der Waals surface area contributed by atoms with Crippen molar-refractivity contribution in [3.8, 4) is 17.7 Å². The van der Waals surface area contributed by atoms with Crippen LogP contribution in [0.15, 0.2) is 73.1 Å². The molecule has 172 valence electrons. The first-order valence-corrected chi connectivity index (χ1v) is 11.2. The van der Waals surface area contributed by atoms with E-state index in [0.29, 0.717) is 46.5 Å². The van der Waals surface area contributed by atoms with Gasteiger partial charge in [-0.05, 0) is 66.4 Å². The Morgan fingerprint density at radius 2 is 1.54 bits per heavy atom. The number of hydrogen-bond donors (Lipinski definition) is 0. The number of aromatic nitrogens is 2. The van der Waals surface area contributed by atoms with Gasteiger partial charge in [-0.2, -0.15) is 5.26 Å². The van der Waals surface area contributed by atoms with E-state index in [-0.39, 0.29) is 30.2 Å². The van der Waals surface area contributed by atoms with Crippen molar-refractivity contribution in [3.05, 3.63) is 95.6 Å². The molecule has 0 spiro atoms. The average molecular weight is 465 g/mol. The summed E-state index contributed by atoms with van der Waals surface area (Å²) < 4.78 is 19.0. The lowest BCUT2D eigenvalue weighted by molar-refractivity contribution is -0.133. The van der Waals surface area contributed by atoms with Gasteiger partial charge in [-0.25, -0.2) is 14.4 Å². The molecule has 0 amide bonds. The number of fused-ring (bicyclic) bond motifs is 1. The fraction of sp³-hybridized carbons (Fsp3) is 0.179. The molecule has 0 radical (unpaired) electrons. The summed E-state index contributed by atoms with van der Waals surface area (Å²) in [5, 5.41) is 9.79. The summed E-state index contributed by atoms with van der Waals surface area (Å²) in [5.41, 5.74) is 1.70. The molecule has 1 aromatic heterocycles. The number of carbonyl (C=O) groups excluding carboxylic acids is 2. The van der Waals surface area contributed by atoms with Crippen molar-refractivity contribution >= 4 is 22.5 Å². The zero-order chi connectivity index (χ0) is 24.4. The minimum atomic E-state index is -0.929. The third-order valence-electron chi connectivity index (χ3n) is 6.33. The summed E-state index contributed by atoms with van der Waals surface area (Å²) in [6.45, 7) is 0. The van der Waals surface area contributed by atoms with Crippen LogP contribution in [0.4, 0.5) is 4.39 Å². The Morgan fingerprint density at radius 1 is 0.914 bits per heavy atom. The summed E-state index contributed by atoms with van der Waals surface area (Å²) in [4.78, 5) is 34.3. The van der Waals surface area contributed by atoms with Gasteiger partial charge in [0, 0.05) is 12.8 Å². The number of carbonyl (C=O) groups is 2. The van der Waals surface area contributed by atoms with Crippen LogP contribution in [-0.2, 0) is 22.4 Å². The first-order valence-electron chi connectivity index (χ1n) is 11.2. The first-order chi connectivity index (χ1) is 17.0. The summed E-state index contributed by atoms with van der Waals surface area (Å²) in [7, 11) is 0. The average Bonchev–Trinajstić information content (AvgIpc) is 3.69. The molecule has 1 aliphatic carbocycles. The van der Waals surface area contributed by atoms with Crippen molar-refractivity contribution in [3.63, 3.8) is 0 Å². The molecule has 0 bridgehead atoms. The molecule has 5 rings (SSSR count). The summed E-state index contributed by atoms with van der Waals surface area (Å²) in [6, 6.07) is 20.0. The molecular weight excluding hydrogens is 445 g/mol. The third-order valence-corrected chi connectivity index (χ3v) is 6.33. The van der Waals surface area contributed by atoms with Crippen LogP contribution >= 0.6 is 0 Å². The van der Waals surface area contributed by atoms with Gasteiger partial charge in [0.25, 0.3) is 0 Å². The van der Waals surface area contributed by atoms with E-state index in [0.717, 1.165) is 5.56 Å². The molecule has 0 aliphatic heterocycles. The van der Waals surface area contributed by atoms with E-state index < -0.39 is 5.41 Å². The van der Waals surface area contributed by atoms with E-state index in [2.05, 4.69) is 16.0 Å². The molecule has 0 saturated heterocycles. The fourth-order valence-corrected chi connectivity index (χ4v) is 4.12. The molecule has 4 aromatic rings. The van der Waals surface area contributed by atoms with E-state index in [1.165, 1.54) is 18.5 Å². The molecule has 6 nitrogen and oxygen atoms in total. The maximum atomic E-state index is 13.1. The minimum Gasteiger partial charge on any atom is -0.438 e. The molecule has 0 unspecified atom stereocenters. The number of Topliss-reactive ketones (excluding diaryl/α,β-unsaturated/α-hetero) is 2. The van der Waals surface area contributed by atoms with Gasteiger partial charge < -0.3 is 4.74 Å². The number of ketones is 2. The Hall–Kier alpha value is -4.44. The van der Waals surface area contributed by atoms with Crippen molar-refractivity contribution < 1.29 is 18.7 Å². The Morgan fingerprint density at radius 3 is 2.14 bits per heavy atom. The molecule has 3 aromatic carbocycles. The largest absolute Gasteiger partial charge is 0.438 e. The zero-order valence-electron chi connectivity index (χ0n) is 18.7. The lowest BCUT2D eigenvalue weighted by Gasteiger charge is -2.13. The van der Waals surface area contributed by atoms with Crippen molar-refractivity contribution in [2.75, 3.05) is 0 Å². The van der Waals surface area contributed by atoms with E-state index in [9.17, 15) is 14.0 Å². The number of nitrogens with zero attached hydrogens (tertiary/aromatic N) is 3. The number of ether oxygens (including phenoxy) is 1. The standard InChI is InChI=1S/C28H20FN3O3/c29-21-6-1-18(2-7-21)14-25(33)28(11-12-28)26(34)15-19-3-8-22(9-4-19)35-27-23-13-20(16-30)5-10-24(23)31-17-32-27/h1-10,13,17H,11-12,14-15H2. The van der Waals surface area contributed by atoms with E-state index in [1.807, 2.05) is 0 Å². The van der Waals surface area contributed by atoms with Gasteiger partial charge in [0.05, 0.1) is 28.0 Å². The van der Waals surface area contributed by atoms with Gasteiger partial charge in [-0.3, -0.25) is 9.59 Å². The lowest BCUT2D eigenvalue weighted by Crippen LogP contribution is -2.28. The van der Waals surface area contributed by atoms with Gasteiger partial charge in [0.15, 0.2) is 11.6 Å². The summed E-state index contributed by atoms with van der Waals surface area (Å²) in [5.74, 6) is 0.299. The maximum Gasteiger partial charge on any atom is 0.230 e. The molecule has 1 saturated carbocycles. The second-order valence-electron chi connectivity index (χ2n) is 8.68. The van der Waals surface area contributed by atoms with Gasteiger partial charge in [0.1, 0.15) is 17.9 Å². The van der Waals surface area contributed by atoms with Crippen molar-refractivity contribution in [2.45, 2.75) is 25.7 Å². The fourth-order valence-electron chi connectivity index (χ4n) is 4.12. The van der Waals surface area contributed by atoms with Crippen LogP contribution in [0, 0.1) is 22.6 Å². The Labute approximate surface area is 201 Å². The van der Waals surface area contributed by atoms with Gasteiger partial charge in [-0.1, -0.05) is 24.3 Å². The number of nitriles is 1. The molecule has 0 atom stereocenters. The van der Waals surface area contributed by atoms with Crippen LogP contribution in [-0.4, -0.2) is 21.5 Å². The maximum absolute atomic E-state index is 13.1. The Bertz CT molecular complexity index is 1470. The van der Waals surface area contributed by atoms with Crippen molar-refractivity contribution in [2.24, 2.45) is 5.41 Å². The second-order valence-corrected chi connectivity index (χ2v) is 8.68. The topological polar surface area (TPSA) is 92.9 Å². The predicted molar refractivity (Wildman–Crippen MR) is 126 cm³/mol. The molecule has 1 heterocycles. The minimum absolute atomic E-state index is 0.0934. The van der Waals surface area contributed by atoms with Crippen LogP contribution in [0.5, 0.6) is 11.6 Å². The van der Waals surface area contributed by atoms with Crippen LogP contribution in [0.1, 0.15) is 29.5 Å². The quantitative estimate of drug-likeness (QED) is 0.335. The van der Waals surface area contributed by atoms with E-state index in [1.54, 1.807) is 54.6 Å². The number of rotatable bonds is 8. The summed E-state index contributed by atoms with van der Waals surface area (Å²) in [6.07, 6.45) is 2.78. The second kappa shape index (κ2) is 9.07. The molecule has 1 fully saturated rings. The third kappa shape index (κ3) is 4.64. The van der Waals surface area contributed by atoms with Crippen molar-refractivity contribution in [1.29, 1.82) is 5.26 Å². The molecule has 1 aliphatic rings.